The molecule has 2 rings (SSSR count). The Kier molecular flexibility index (Phi) is 5.44. The molecule has 1 saturated heterocycles. The molecule has 0 unspecified atom stereocenters. The summed E-state index contributed by atoms with van der Waals surface area (Å²) in [6.07, 6.45) is 0.391. The van der Waals surface area contributed by atoms with E-state index in [-0.39, 0.29) is 18.5 Å². The molecule has 120 valence electrons. The lowest BCUT2D eigenvalue weighted by Gasteiger charge is -2.34. The maximum Gasteiger partial charge on any atom is 0.479 e. The minimum atomic E-state index is -0.371. The van der Waals surface area contributed by atoms with Crippen LogP contribution in [0.3, 0.4) is 0 Å². The van der Waals surface area contributed by atoms with E-state index in [2.05, 4.69) is 13.8 Å². The third-order valence-electron chi connectivity index (χ3n) is 3.35. The first-order chi connectivity index (χ1) is 10.4. The van der Waals surface area contributed by atoms with Crippen LogP contribution in [0.2, 0.25) is 0 Å². The Balaban J connectivity index is 1.96. The van der Waals surface area contributed by atoms with Gasteiger partial charge in [-0.25, -0.2) is 10.6 Å². The molecule has 1 aromatic carbocycles. The summed E-state index contributed by atoms with van der Waals surface area (Å²) in [6, 6.07) is 7.00. The third-order valence-corrected chi connectivity index (χ3v) is 3.35. The molecule has 0 aliphatic carbocycles. The fourth-order valence-electron chi connectivity index (χ4n) is 2.12. The average molecular weight is 306 g/mol. The quantitative estimate of drug-likeness (QED) is 0.386. The highest BCUT2D eigenvalue weighted by molar-refractivity contribution is 6.45. The van der Waals surface area contributed by atoms with E-state index in [1.807, 2.05) is 6.07 Å². The Morgan fingerprint density at radius 1 is 1.41 bits per heavy atom. The van der Waals surface area contributed by atoms with Crippen molar-refractivity contribution in [2.24, 2.45) is 11.3 Å². The van der Waals surface area contributed by atoms with Crippen LogP contribution in [0.1, 0.15) is 31.1 Å². The number of nitrogens with two attached hydrogens (primary N) is 1. The van der Waals surface area contributed by atoms with Crippen LogP contribution in [0.25, 0.3) is 0 Å². The molecule has 0 amide bonds. The van der Waals surface area contributed by atoms with Crippen molar-refractivity contribution in [3.63, 3.8) is 0 Å². The molecule has 0 aromatic heterocycles. The van der Waals surface area contributed by atoms with Crippen molar-refractivity contribution in [3.8, 4) is 0 Å². The first kappa shape index (κ1) is 16.8. The Morgan fingerprint density at radius 3 is 2.73 bits per heavy atom. The SMILES string of the molecule is CCOC(=O)c1cccc(N(N)CB2OCC(C)(C)CO2)c1. The second-order valence-corrected chi connectivity index (χ2v) is 6.14. The second-order valence-electron chi connectivity index (χ2n) is 6.14. The Hall–Kier alpha value is -1.57. The molecule has 1 fully saturated rings. The maximum atomic E-state index is 11.8. The first-order valence-corrected chi connectivity index (χ1v) is 7.44. The van der Waals surface area contributed by atoms with Gasteiger partial charge in [-0.1, -0.05) is 19.9 Å². The highest BCUT2D eigenvalue weighted by Crippen LogP contribution is 2.22. The summed E-state index contributed by atoms with van der Waals surface area (Å²) in [6.45, 7) is 7.56. The smallest absolute Gasteiger partial charge is 0.462 e. The molecular formula is C15H23BN2O4. The summed E-state index contributed by atoms with van der Waals surface area (Å²) >= 11 is 0. The Bertz CT molecular complexity index is 514. The van der Waals surface area contributed by atoms with Gasteiger partial charge in [-0.3, -0.25) is 0 Å². The van der Waals surface area contributed by atoms with Gasteiger partial charge >= 0.3 is 13.1 Å². The fraction of sp³-hybridized carbons (Fsp3) is 0.533. The summed E-state index contributed by atoms with van der Waals surface area (Å²) in [5, 5.41) is 1.52. The first-order valence-electron chi connectivity index (χ1n) is 7.44. The number of hydrazine groups is 1. The van der Waals surface area contributed by atoms with Gasteiger partial charge < -0.3 is 19.1 Å². The molecule has 6 nitrogen and oxygen atoms in total. The van der Waals surface area contributed by atoms with Crippen LogP contribution in [0.15, 0.2) is 24.3 Å². The van der Waals surface area contributed by atoms with Crippen molar-refractivity contribution >= 4 is 18.8 Å². The number of carbonyl (C=O) groups excluding carboxylic acids is 1. The van der Waals surface area contributed by atoms with E-state index >= 15 is 0 Å². The van der Waals surface area contributed by atoms with E-state index in [9.17, 15) is 4.79 Å². The van der Waals surface area contributed by atoms with Gasteiger partial charge in [-0.05, 0) is 25.1 Å². The van der Waals surface area contributed by atoms with Gasteiger partial charge in [0.2, 0.25) is 0 Å². The lowest BCUT2D eigenvalue weighted by molar-refractivity contribution is 0.0286. The van der Waals surface area contributed by atoms with Gasteiger partial charge in [0, 0.05) is 18.6 Å². The molecule has 0 radical (unpaired) electrons. The predicted octanol–water partition coefficient (Wildman–Crippen LogP) is 1.64. The highest BCUT2D eigenvalue weighted by Gasteiger charge is 2.33. The van der Waals surface area contributed by atoms with Gasteiger partial charge in [-0.2, -0.15) is 0 Å². The Morgan fingerprint density at radius 2 is 2.09 bits per heavy atom. The lowest BCUT2D eigenvalue weighted by atomic mass is 9.83. The number of benzene rings is 1. The van der Waals surface area contributed by atoms with Crippen molar-refractivity contribution < 1.29 is 18.8 Å². The van der Waals surface area contributed by atoms with Crippen LogP contribution in [-0.2, 0) is 14.0 Å². The molecule has 1 aromatic rings. The van der Waals surface area contributed by atoms with E-state index in [0.717, 1.165) is 0 Å². The molecule has 22 heavy (non-hydrogen) atoms. The fourth-order valence-corrected chi connectivity index (χ4v) is 2.12. The summed E-state index contributed by atoms with van der Waals surface area (Å²) < 4.78 is 16.3. The Labute approximate surface area is 131 Å². The van der Waals surface area contributed by atoms with Crippen LogP contribution in [-0.4, -0.2) is 39.4 Å². The summed E-state index contributed by atoms with van der Waals surface area (Å²) in [5.74, 6) is 5.70. The average Bonchev–Trinajstić information content (AvgIpc) is 2.50. The molecule has 1 aliphatic heterocycles. The highest BCUT2D eigenvalue weighted by atomic mass is 16.6. The number of hydrogen-bond donors (Lipinski definition) is 1. The van der Waals surface area contributed by atoms with Crippen LogP contribution in [0.5, 0.6) is 0 Å². The van der Waals surface area contributed by atoms with E-state index in [0.29, 0.717) is 37.5 Å². The number of hydrogen-bond acceptors (Lipinski definition) is 6. The van der Waals surface area contributed by atoms with E-state index in [1.165, 1.54) is 5.01 Å². The summed E-state index contributed by atoms with van der Waals surface area (Å²) in [7, 11) is -0.371. The van der Waals surface area contributed by atoms with Crippen LogP contribution in [0, 0.1) is 5.41 Å². The molecule has 0 atom stereocenters. The van der Waals surface area contributed by atoms with Gasteiger partial charge in [-0.15, -0.1) is 0 Å². The van der Waals surface area contributed by atoms with E-state index in [1.54, 1.807) is 25.1 Å². The monoisotopic (exact) mass is 306 g/mol. The van der Waals surface area contributed by atoms with Gasteiger partial charge in [0.1, 0.15) is 0 Å². The summed E-state index contributed by atoms with van der Waals surface area (Å²) in [4.78, 5) is 11.8. The molecular weight excluding hydrogens is 283 g/mol. The number of anilines is 1. The van der Waals surface area contributed by atoms with Gasteiger partial charge in [0.25, 0.3) is 0 Å². The van der Waals surface area contributed by atoms with Crippen LogP contribution >= 0.6 is 0 Å². The normalized spacial score (nSPS) is 17.2. The van der Waals surface area contributed by atoms with E-state index in [4.69, 9.17) is 19.9 Å². The lowest BCUT2D eigenvalue weighted by Crippen LogP contribution is -2.49. The molecule has 1 aliphatic rings. The minimum absolute atomic E-state index is 0.0275. The molecule has 2 N–H and O–H groups in total. The molecule has 0 saturated carbocycles. The van der Waals surface area contributed by atoms with Crippen LogP contribution < -0.4 is 10.9 Å². The largest absolute Gasteiger partial charge is 0.479 e. The van der Waals surface area contributed by atoms with Crippen molar-refractivity contribution in [3.05, 3.63) is 29.8 Å². The second kappa shape index (κ2) is 7.13. The van der Waals surface area contributed by atoms with Crippen molar-refractivity contribution in [2.45, 2.75) is 20.8 Å². The molecule has 0 bridgehead atoms. The standard InChI is InChI=1S/C15H23BN2O4/c1-4-20-14(19)12-6-5-7-13(8-12)18(17)11-16-21-9-15(2,3)10-22-16/h5-8H,4,9-11,17H2,1-3H3. The number of esters is 1. The van der Waals surface area contributed by atoms with Crippen molar-refractivity contribution in [1.82, 2.24) is 0 Å². The summed E-state index contributed by atoms with van der Waals surface area (Å²) in [5.41, 5.74) is 1.21. The van der Waals surface area contributed by atoms with E-state index < -0.39 is 0 Å². The predicted molar refractivity (Wildman–Crippen MR) is 85.4 cm³/mol. The van der Waals surface area contributed by atoms with Gasteiger partial charge in [0.05, 0.1) is 24.3 Å². The zero-order valence-electron chi connectivity index (χ0n) is 13.4. The zero-order chi connectivity index (χ0) is 16.2. The number of ether oxygens (including phenoxy) is 1. The molecule has 7 heteroatoms. The topological polar surface area (TPSA) is 74.0 Å². The van der Waals surface area contributed by atoms with Crippen molar-refractivity contribution in [1.29, 1.82) is 0 Å². The minimum Gasteiger partial charge on any atom is -0.462 e. The van der Waals surface area contributed by atoms with Gasteiger partial charge in [0.15, 0.2) is 0 Å². The zero-order valence-corrected chi connectivity index (χ0v) is 13.4. The third kappa shape index (κ3) is 4.46. The number of nitrogens with zero attached hydrogens (tertiary/aromatic N) is 1. The molecule has 1 heterocycles. The molecule has 0 spiro atoms. The number of rotatable bonds is 5. The maximum absolute atomic E-state index is 11.8. The number of carbonyl (C=O) groups is 1. The van der Waals surface area contributed by atoms with Crippen LogP contribution in [0.4, 0.5) is 5.69 Å². The van der Waals surface area contributed by atoms with Crippen molar-refractivity contribution in [2.75, 3.05) is 31.3 Å².